The van der Waals surface area contributed by atoms with E-state index in [-0.39, 0.29) is 5.92 Å². The van der Waals surface area contributed by atoms with Gasteiger partial charge < -0.3 is 19.5 Å². The van der Waals surface area contributed by atoms with Crippen LogP contribution in [0.3, 0.4) is 0 Å². The van der Waals surface area contributed by atoms with Gasteiger partial charge in [-0.3, -0.25) is 4.79 Å². The van der Waals surface area contributed by atoms with Crippen molar-refractivity contribution in [2.24, 2.45) is 11.3 Å². The van der Waals surface area contributed by atoms with Crippen molar-refractivity contribution in [1.29, 1.82) is 0 Å². The molecule has 0 heterocycles. The molecule has 0 aromatic heterocycles. The van der Waals surface area contributed by atoms with Crippen molar-refractivity contribution in [3.05, 3.63) is 0 Å². The van der Waals surface area contributed by atoms with Crippen LogP contribution in [0.4, 0.5) is 4.79 Å². The average molecular weight is 331 g/mol. The Morgan fingerprint density at radius 3 is 1.87 bits per heavy atom. The minimum Gasteiger partial charge on any atom is -0.444 e. The monoisotopic (exact) mass is 331 g/mol. The average Bonchev–Trinajstić information content (AvgIpc) is 2.31. The highest BCUT2D eigenvalue weighted by molar-refractivity contribution is 5.82. The number of nitrogens with one attached hydrogen (secondary N) is 1. The van der Waals surface area contributed by atoms with Crippen molar-refractivity contribution >= 4 is 18.0 Å². The van der Waals surface area contributed by atoms with E-state index in [1.54, 1.807) is 55.4 Å². The van der Waals surface area contributed by atoms with Gasteiger partial charge in [-0.1, -0.05) is 13.8 Å². The molecule has 0 aromatic rings. The van der Waals surface area contributed by atoms with Gasteiger partial charge in [0.25, 0.3) is 0 Å². The number of hydrogen-bond donors (Lipinski definition) is 1. The number of carbonyl (C=O) groups is 3. The van der Waals surface area contributed by atoms with E-state index < -0.39 is 41.9 Å². The molecule has 1 amide bonds. The van der Waals surface area contributed by atoms with E-state index in [1.807, 2.05) is 0 Å². The predicted molar refractivity (Wildman–Crippen MR) is 84.5 cm³/mol. The number of alkyl carbamates (subject to hydrolysis) is 1. The highest BCUT2D eigenvalue weighted by Crippen LogP contribution is 2.15. The minimum absolute atomic E-state index is 0.215. The lowest BCUT2D eigenvalue weighted by Gasteiger charge is -2.24. The lowest BCUT2D eigenvalue weighted by molar-refractivity contribution is -0.174. The second kappa shape index (κ2) is 8.17. The Bertz CT molecular complexity index is 431. The van der Waals surface area contributed by atoms with Gasteiger partial charge in [0.05, 0.1) is 5.41 Å². The zero-order chi connectivity index (χ0) is 18.4. The van der Waals surface area contributed by atoms with Gasteiger partial charge >= 0.3 is 18.0 Å². The maximum atomic E-state index is 12.0. The number of rotatable bonds is 5. The summed E-state index contributed by atoms with van der Waals surface area (Å²) in [4.78, 5) is 35.4. The Kier molecular flexibility index (Phi) is 7.54. The number of esters is 2. The molecular formula is C16H29NO6. The van der Waals surface area contributed by atoms with Crippen molar-refractivity contribution in [3.63, 3.8) is 0 Å². The Morgan fingerprint density at radius 2 is 1.48 bits per heavy atom. The molecule has 7 heteroatoms. The number of amides is 1. The molecule has 0 fully saturated rings. The van der Waals surface area contributed by atoms with E-state index in [9.17, 15) is 14.4 Å². The second-order valence-electron chi connectivity index (χ2n) is 7.63. The van der Waals surface area contributed by atoms with Gasteiger partial charge in [0.15, 0.2) is 0 Å². The molecular weight excluding hydrogens is 302 g/mol. The van der Waals surface area contributed by atoms with Crippen LogP contribution >= 0.6 is 0 Å². The molecule has 134 valence electrons. The Morgan fingerprint density at radius 1 is 0.957 bits per heavy atom. The van der Waals surface area contributed by atoms with Crippen molar-refractivity contribution < 1.29 is 28.6 Å². The van der Waals surface area contributed by atoms with Gasteiger partial charge in [-0.15, -0.1) is 0 Å². The molecule has 0 saturated heterocycles. The normalized spacial score (nSPS) is 13.3. The van der Waals surface area contributed by atoms with Crippen LogP contribution in [0.1, 0.15) is 55.4 Å². The van der Waals surface area contributed by atoms with Crippen LogP contribution < -0.4 is 5.32 Å². The number of carbonyl (C=O) groups excluding carboxylic acids is 3. The first-order valence-electron chi connectivity index (χ1n) is 7.57. The molecule has 1 N–H and O–H groups in total. The molecule has 0 bridgehead atoms. The Hall–Kier alpha value is -1.79. The summed E-state index contributed by atoms with van der Waals surface area (Å²) in [6, 6.07) is -0.891. The Balaban J connectivity index is 4.53. The van der Waals surface area contributed by atoms with Crippen LogP contribution in [0.5, 0.6) is 0 Å². The highest BCUT2D eigenvalue weighted by atomic mass is 16.7. The molecule has 0 aliphatic rings. The lowest BCUT2D eigenvalue weighted by atomic mass is 9.98. The summed E-state index contributed by atoms with van der Waals surface area (Å²) in [7, 11) is 0. The third-order valence-electron chi connectivity index (χ3n) is 2.60. The molecule has 23 heavy (non-hydrogen) atoms. The molecule has 0 aliphatic carbocycles. The fourth-order valence-electron chi connectivity index (χ4n) is 1.38. The second-order valence-corrected chi connectivity index (χ2v) is 7.63. The van der Waals surface area contributed by atoms with Gasteiger partial charge in [0.2, 0.25) is 6.79 Å². The largest absolute Gasteiger partial charge is 0.444 e. The van der Waals surface area contributed by atoms with Crippen molar-refractivity contribution in [1.82, 2.24) is 5.32 Å². The number of hydrogen-bond acceptors (Lipinski definition) is 6. The zero-order valence-electron chi connectivity index (χ0n) is 15.3. The van der Waals surface area contributed by atoms with E-state index in [0.717, 1.165) is 0 Å². The van der Waals surface area contributed by atoms with Gasteiger partial charge in [-0.25, -0.2) is 9.59 Å². The van der Waals surface area contributed by atoms with Crippen LogP contribution in [0, 0.1) is 11.3 Å². The molecule has 0 spiro atoms. The highest BCUT2D eigenvalue weighted by Gasteiger charge is 2.29. The fourth-order valence-corrected chi connectivity index (χ4v) is 1.38. The smallest absolute Gasteiger partial charge is 0.408 e. The van der Waals surface area contributed by atoms with Crippen LogP contribution in [0.25, 0.3) is 0 Å². The lowest BCUT2D eigenvalue weighted by Crippen LogP contribution is -2.47. The van der Waals surface area contributed by atoms with Crippen molar-refractivity contribution in [3.8, 4) is 0 Å². The van der Waals surface area contributed by atoms with Crippen LogP contribution in [-0.4, -0.2) is 36.5 Å². The summed E-state index contributed by atoms with van der Waals surface area (Å²) in [5.74, 6) is -1.38. The van der Waals surface area contributed by atoms with E-state index in [2.05, 4.69) is 5.32 Å². The van der Waals surface area contributed by atoms with E-state index >= 15 is 0 Å². The first kappa shape index (κ1) is 21.2. The third-order valence-corrected chi connectivity index (χ3v) is 2.60. The molecule has 0 radical (unpaired) electrons. The molecule has 7 nitrogen and oxygen atoms in total. The molecule has 0 rings (SSSR count). The topological polar surface area (TPSA) is 90.9 Å². The summed E-state index contributed by atoms with van der Waals surface area (Å²) < 4.78 is 14.9. The summed E-state index contributed by atoms with van der Waals surface area (Å²) in [6.45, 7) is 13.3. The van der Waals surface area contributed by atoms with E-state index in [0.29, 0.717) is 0 Å². The fraction of sp³-hybridized carbons (Fsp3) is 0.812. The van der Waals surface area contributed by atoms with Crippen LogP contribution in [0.15, 0.2) is 0 Å². The molecule has 0 aromatic carbocycles. The first-order valence-corrected chi connectivity index (χ1v) is 7.57. The molecule has 0 aliphatic heterocycles. The summed E-state index contributed by atoms with van der Waals surface area (Å²) in [6.07, 6.45) is -0.708. The van der Waals surface area contributed by atoms with Crippen LogP contribution in [-0.2, 0) is 23.8 Å². The molecule has 0 saturated carbocycles. The van der Waals surface area contributed by atoms with E-state index in [4.69, 9.17) is 14.2 Å². The molecule has 1 atom stereocenters. The summed E-state index contributed by atoms with van der Waals surface area (Å²) in [5, 5.41) is 2.46. The van der Waals surface area contributed by atoms with Gasteiger partial charge in [0, 0.05) is 0 Å². The zero-order valence-corrected chi connectivity index (χ0v) is 15.3. The Labute approximate surface area is 138 Å². The maximum absolute atomic E-state index is 12.0. The first-order chi connectivity index (χ1) is 10.2. The van der Waals surface area contributed by atoms with Gasteiger partial charge in [-0.05, 0) is 47.5 Å². The standard InChI is InChI=1S/C16H29NO6/c1-10(2)11(17-14(20)23-16(6,7)8)12(18)21-9-22-13(19)15(3,4)5/h10-11H,9H2,1-8H3,(H,17,20)/t11-/m0/s1. The van der Waals surface area contributed by atoms with E-state index in [1.165, 1.54) is 0 Å². The summed E-state index contributed by atoms with van der Waals surface area (Å²) in [5.41, 5.74) is -1.35. The van der Waals surface area contributed by atoms with Crippen LogP contribution in [0.2, 0.25) is 0 Å². The SMILES string of the molecule is CC(C)[C@H](NC(=O)OC(C)(C)C)C(=O)OCOC(=O)C(C)(C)C. The van der Waals surface area contributed by atoms with Crippen molar-refractivity contribution in [2.45, 2.75) is 67.0 Å². The third kappa shape index (κ3) is 9.05. The predicted octanol–water partition coefficient (Wildman–Crippen LogP) is 2.63. The quantitative estimate of drug-likeness (QED) is 0.615. The maximum Gasteiger partial charge on any atom is 0.408 e. The number of ether oxygens (including phenoxy) is 3. The summed E-state index contributed by atoms with van der Waals surface area (Å²) >= 11 is 0. The van der Waals surface area contributed by atoms with Crippen molar-refractivity contribution in [2.75, 3.05) is 6.79 Å². The van der Waals surface area contributed by atoms with Gasteiger partial charge in [-0.2, -0.15) is 0 Å². The van der Waals surface area contributed by atoms with Gasteiger partial charge in [0.1, 0.15) is 11.6 Å². The minimum atomic E-state index is -0.891. The molecule has 0 unspecified atom stereocenters.